The highest BCUT2D eigenvalue weighted by molar-refractivity contribution is 5.91. The van der Waals surface area contributed by atoms with Crippen molar-refractivity contribution in [3.8, 4) is 0 Å². The van der Waals surface area contributed by atoms with E-state index in [9.17, 15) is 9.59 Å². The van der Waals surface area contributed by atoms with Gasteiger partial charge in [0.15, 0.2) is 5.78 Å². The molecule has 0 aromatic carbocycles. The van der Waals surface area contributed by atoms with Gasteiger partial charge in [0.1, 0.15) is 11.9 Å². The molecule has 1 heterocycles. The highest BCUT2D eigenvalue weighted by Gasteiger charge is 2.60. The molecule has 1 unspecified atom stereocenters. The molecule has 4 aliphatic rings. The van der Waals surface area contributed by atoms with Crippen LogP contribution in [0.2, 0.25) is 0 Å². The lowest BCUT2D eigenvalue weighted by molar-refractivity contribution is -0.123. The third-order valence-electron chi connectivity index (χ3n) is 9.22. The summed E-state index contributed by atoms with van der Waals surface area (Å²) in [4.78, 5) is 28.8. The Kier molecular flexibility index (Phi) is 4.31. The van der Waals surface area contributed by atoms with Gasteiger partial charge in [-0.3, -0.25) is 4.79 Å². The number of carbonyl (C=O) groups is 2. The van der Waals surface area contributed by atoms with Crippen LogP contribution in [0.5, 0.6) is 0 Å². The number of ketones is 1. The Balaban J connectivity index is 1.37. The van der Waals surface area contributed by atoms with Crippen LogP contribution in [-0.2, 0) is 9.53 Å². The summed E-state index contributed by atoms with van der Waals surface area (Å²) in [6, 6.07) is 0. The summed E-state index contributed by atoms with van der Waals surface area (Å²) in [5, 5.41) is 0. The van der Waals surface area contributed by atoms with Crippen LogP contribution >= 0.6 is 0 Å². The minimum atomic E-state index is -0.293. The smallest absolute Gasteiger partial charge is 0.419 e. The van der Waals surface area contributed by atoms with Crippen molar-refractivity contribution in [1.82, 2.24) is 9.55 Å². The van der Waals surface area contributed by atoms with Crippen LogP contribution in [0.25, 0.3) is 0 Å². The van der Waals surface area contributed by atoms with Crippen molar-refractivity contribution < 1.29 is 14.3 Å². The molecule has 5 nitrogen and oxygen atoms in total. The van der Waals surface area contributed by atoms with E-state index < -0.39 is 0 Å². The van der Waals surface area contributed by atoms with Gasteiger partial charge >= 0.3 is 6.09 Å². The second-order valence-corrected chi connectivity index (χ2v) is 10.4. The molecule has 1 aromatic heterocycles. The number of rotatable bonds is 1. The summed E-state index contributed by atoms with van der Waals surface area (Å²) in [5.74, 6) is 3.40. The van der Waals surface area contributed by atoms with E-state index in [1.54, 1.807) is 12.4 Å². The van der Waals surface area contributed by atoms with E-state index in [1.807, 2.05) is 13.0 Å². The van der Waals surface area contributed by atoms with Crippen molar-refractivity contribution in [2.24, 2.45) is 34.5 Å². The molecule has 7 atom stereocenters. The van der Waals surface area contributed by atoms with E-state index in [1.165, 1.54) is 17.4 Å². The Hall–Kier alpha value is -1.91. The summed E-state index contributed by atoms with van der Waals surface area (Å²) >= 11 is 0. The maximum atomic E-state index is 12.7. The number of aromatic nitrogens is 2. The molecule has 0 bridgehead atoms. The SMILES string of the molecule is Cc1nccn1C(=O)O[C@H]1CC[C@H]2[C@@H]3CCC4CC(=O)C=C[C@]4(C)[C@H]3CC[C@]12C. The fraction of sp³-hybridized carbons (Fsp3) is 0.708. The van der Waals surface area contributed by atoms with Crippen molar-refractivity contribution in [1.29, 1.82) is 0 Å². The van der Waals surface area contributed by atoms with Crippen molar-refractivity contribution in [2.75, 3.05) is 0 Å². The number of aryl methyl sites for hydroxylation is 1. The molecule has 3 fully saturated rings. The van der Waals surface area contributed by atoms with Gasteiger partial charge in [0.05, 0.1) is 0 Å². The quantitative estimate of drug-likeness (QED) is 0.675. The van der Waals surface area contributed by atoms with Gasteiger partial charge in [-0.2, -0.15) is 0 Å². The molecule has 5 heteroatoms. The molecular formula is C24H32N2O3. The molecule has 0 spiro atoms. The number of carbonyl (C=O) groups excluding carboxylic acids is 2. The molecule has 4 aliphatic carbocycles. The zero-order chi connectivity index (χ0) is 20.4. The van der Waals surface area contributed by atoms with Crippen LogP contribution in [0.3, 0.4) is 0 Å². The first-order chi connectivity index (χ1) is 13.8. The minimum absolute atomic E-state index is 0.0169. The highest BCUT2D eigenvalue weighted by Crippen LogP contribution is 2.65. The van der Waals surface area contributed by atoms with Crippen LogP contribution in [0.15, 0.2) is 24.5 Å². The molecule has 0 N–H and O–H groups in total. The van der Waals surface area contributed by atoms with Crippen LogP contribution < -0.4 is 0 Å². The number of nitrogens with zero attached hydrogens (tertiary/aromatic N) is 2. The van der Waals surface area contributed by atoms with Crippen LogP contribution in [-0.4, -0.2) is 27.5 Å². The summed E-state index contributed by atoms with van der Waals surface area (Å²) in [5.41, 5.74) is 0.212. The van der Waals surface area contributed by atoms with Crippen molar-refractivity contribution >= 4 is 11.9 Å². The Morgan fingerprint density at radius 1 is 1.17 bits per heavy atom. The van der Waals surface area contributed by atoms with Crippen molar-refractivity contribution in [3.05, 3.63) is 30.4 Å². The van der Waals surface area contributed by atoms with Crippen molar-refractivity contribution in [3.63, 3.8) is 0 Å². The van der Waals surface area contributed by atoms with Crippen molar-refractivity contribution in [2.45, 2.75) is 71.8 Å². The fourth-order valence-electron chi connectivity index (χ4n) is 7.53. The molecule has 0 saturated heterocycles. The van der Waals surface area contributed by atoms with Gasteiger partial charge in [0.2, 0.25) is 0 Å². The first-order valence-electron chi connectivity index (χ1n) is 11.3. The zero-order valence-corrected chi connectivity index (χ0v) is 17.8. The summed E-state index contributed by atoms with van der Waals surface area (Å²) in [6.07, 6.45) is 14.6. The second-order valence-electron chi connectivity index (χ2n) is 10.4. The van der Waals surface area contributed by atoms with Crippen LogP contribution in [0, 0.1) is 41.4 Å². The van der Waals surface area contributed by atoms with Gasteiger partial charge in [-0.25, -0.2) is 14.3 Å². The Labute approximate surface area is 172 Å². The molecule has 0 aliphatic heterocycles. The van der Waals surface area contributed by atoms with Gasteiger partial charge in [-0.05, 0) is 80.6 Å². The maximum absolute atomic E-state index is 12.7. The topological polar surface area (TPSA) is 61.2 Å². The van der Waals surface area contributed by atoms with E-state index in [0.717, 1.165) is 32.1 Å². The van der Waals surface area contributed by atoms with E-state index in [0.29, 0.717) is 35.3 Å². The number of hydrogen-bond acceptors (Lipinski definition) is 4. The van der Waals surface area contributed by atoms with Gasteiger partial charge in [-0.15, -0.1) is 0 Å². The predicted molar refractivity (Wildman–Crippen MR) is 109 cm³/mol. The summed E-state index contributed by atoms with van der Waals surface area (Å²) in [6.45, 7) is 6.58. The lowest BCUT2D eigenvalue weighted by atomic mass is 9.46. The van der Waals surface area contributed by atoms with Gasteiger partial charge in [0, 0.05) is 24.2 Å². The fourth-order valence-corrected chi connectivity index (χ4v) is 7.53. The lowest BCUT2D eigenvalue weighted by Gasteiger charge is -2.58. The second kappa shape index (κ2) is 6.55. The first-order valence-corrected chi connectivity index (χ1v) is 11.3. The maximum Gasteiger partial charge on any atom is 0.419 e. The Bertz CT molecular complexity index is 873. The molecular weight excluding hydrogens is 364 g/mol. The molecule has 0 amide bonds. The molecule has 3 saturated carbocycles. The number of hydrogen-bond donors (Lipinski definition) is 0. The van der Waals surface area contributed by atoms with E-state index >= 15 is 0 Å². The zero-order valence-electron chi connectivity index (χ0n) is 17.8. The average Bonchev–Trinajstić information content (AvgIpc) is 3.26. The molecule has 0 radical (unpaired) electrons. The Morgan fingerprint density at radius 3 is 2.76 bits per heavy atom. The standard InChI is InChI=1S/C24H32N2O3/c1-15-25-12-13-26(15)22(28)29-21-7-6-19-18-5-4-16-14-17(27)8-10-23(16,2)20(18)9-11-24(19,21)3/h8,10,12-13,16,18-21H,4-7,9,11,14H2,1-3H3/t16?,18-,19-,20-,21-,23-,24-/m0/s1. The van der Waals surface area contributed by atoms with Crippen LogP contribution in [0.1, 0.15) is 64.6 Å². The third-order valence-corrected chi connectivity index (χ3v) is 9.22. The van der Waals surface area contributed by atoms with E-state index in [4.69, 9.17) is 4.74 Å². The molecule has 29 heavy (non-hydrogen) atoms. The lowest BCUT2D eigenvalue weighted by Crippen LogP contribution is -2.53. The summed E-state index contributed by atoms with van der Waals surface area (Å²) in [7, 11) is 0. The van der Waals surface area contributed by atoms with Crippen LogP contribution in [0.4, 0.5) is 4.79 Å². The normalized spacial score (nSPS) is 43.4. The van der Waals surface area contributed by atoms with E-state index in [-0.39, 0.29) is 23.0 Å². The summed E-state index contributed by atoms with van der Waals surface area (Å²) < 4.78 is 7.57. The number of allylic oxidation sites excluding steroid dienone is 2. The highest BCUT2D eigenvalue weighted by atomic mass is 16.6. The number of imidazole rings is 1. The predicted octanol–water partition coefficient (Wildman–Crippen LogP) is 4.93. The van der Waals surface area contributed by atoms with E-state index in [2.05, 4.69) is 24.9 Å². The third kappa shape index (κ3) is 2.76. The average molecular weight is 397 g/mol. The van der Waals surface area contributed by atoms with Gasteiger partial charge in [-0.1, -0.05) is 19.9 Å². The number of fused-ring (bicyclic) bond motifs is 5. The minimum Gasteiger partial charge on any atom is -0.445 e. The van der Waals surface area contributed by atoms with Gasteiger partial charge < -0.3 is 4.74 Å². The molecule has 5 rings (SSSR count). The first kappa shape index (κ1) is 19.1. The molecule has 1 aromatic rings. The molecule has 156 valence electrons. The Morgan fingerprint density at radius 2 is 2.00 bits per heavy atom. The monoisotopic (exact) mass is 396 g/mol. The number of ether oxygens (including phenoxy) is 1. The van der Waals surface area contributed by atoms with Gasteiger partial charge in [0.25, 0.3) is 0 Å². The largest absolute Gasteiger partial charge is 0.445 e.